The number of aromatic amines is 2. The van der Waals surface area contributed by atoms with Gasteiger partial charge in [0.15, 0.2) is 0 Å². The molecule has 134 valence electrons. The summed E-state index contributed by atoms with van der Waals surface area (Å²) in [5, 5.41) is 19.8. The van der Waals surface area contributed by atoms with Crippen LogP contribution in [0.5, 0.6) is 0 Å². The highest BCUT2D eigenvalue weighted by molar-refractivity contribution is 7.71. The van der Waals surface area contributed by atoms with Crippen molar-refractivity contribution in [1.82, 2.24) is 25.1 Å². The summed E-state index contributed by atoms with van der Waals surface area (Å²) >= 11 is 17.4. The van der Waals surface area contributed by atoms with E-state index in [1.54, 1.807) is 24.4 Å². The van der Waals surface area contributed by atoms with E-state index in [1.807, 2.05) is 36.4 Å². The predicted octanol–water partition coefficient (Wildman–Crippen LogP) is 5.19. The summed E-state index contributed by atoms with van der Waals surface area (Å²) in [6, 6.07) is 16.9. The van der Waals surface area contributed by atoms with Crippen LogP contribution in [0, 0.1) is 4.77 Å². The van der Waals surface area contributed by atoms with E-state index in [9.17, 15) is 0 Å². The summed E-state index contributed by atoms with van der Waals surface area (Å²) in [6.45, 7) is 0. The van der Waals surface area contributed by atoms with Gasteiger partial charge in [0.05, 0.1) is 16.9 Å². The Hall–Kier alpha value is -2.74. The predicted molar refractivity (Wildman–Crippen MR) is 110 cm³/mol. The number of hydrogen-bond donors (Lipinski definition) is 2. The van der Waals surface area contributed by atoms with Crippen molar-refractivity contribution in [1.29, 1.82) is 0 Å². The molecule has 0 fully saturated rings. The minimum absolute atomic E-state index is 0.349. The molecule has 6 nitrogen and oxygen atoms in total. The summed E-state index contributed by atoms with van der Waals surface area (Å²) in [7, 11) is 0. The van der Waals surface area contributed by atoms with E-state index in [0.29, 0.717) is 31.9 Å². The molecular weight excluding hydrogens is 403 g/mol. The summed E-state index contributed by atoms with van der Waals surface area (Å²) in [4.78, 5) is 0. The highest BCUT2D eigenvalue weighted by Crippen LogP contribution is 2.23. The molecule has 0 aliphatic carbocycles. The lowest BCUT2D eigenvalue weighted by atomic mass is 10.1. The minimum Gasteiger partial charge on any atom is -0.274 e. The van der Waals surface area contributed by atoms with E-state index in [0.717, 1.165) is 11.3 Å². The molecule has 2 N–H and O–H groups in total. The molecule has 0 aliphatic rings. The van der Waals surface area contributed by atoms with Crippen molar-refractivity contribution >= 4 is 41.6 Å². The van der Waals surface area contributed by atoms with Gasteiger partial charge in [0.2, 0.25) is 10.6 Å². The zero-order chi connectivity index (χ0) is 18.8. The van der Waals surface area contributed by atoms with Gasteiger partial charge in [-0.1, -0.05) is 59.6 Å². The lowest BCUT2D eigenvalue weighted by Gasteiger charge is -2.00. The van der Waals surface area contributed by atoms with Crippen molar-refractivity contribution in [2.45, 2.75) is 0 Å². The third-order valence-corrected chi connectivity index (χ3v) is 4.64. The van der Waals surface area contributed by atoms with Gasteiger partial charge in [-0.15, -0.1) is 0 Å². The largest absolute Gasteiger partial charge is 0.274 e. The third kappa shape index (κ3) is 3.71. The number of halogens is 2. The molecule has 4 rings (SSSR count). The Morgan fingerprint density at radius 1 is 1.00 bits per heavy atom. The monoisotopic (exact) mass is 414 g/mol. The first kappa shape index (κ1) is 17.7. The second-order valence-corrected chi connectivity index (χ2v) is 6.84. The standard InChI is InChI=1S/C18H12Cl2N6S/c19-13-7-6-12(14(20)8-13)10-21-26-17(24-25-18(26)27)16-9-15(22-23-16)11-4-2-1-3-5-11/h1-10H,(H,22,23)(H,25,27)/b21-10+. The van der Waals surface area contributed by atoms with Crippen molar-refractivity contribution in [2.75, 3.05) is 0 Å². The number of nitrogens with one attached hydrogen (secondary N) is 2. The summed E-state index contributed by atoms with van der Waals surface area (Å²) in [6.07, 6.45) is 1.60. The Labute approximate surface area is 169 Å². The molecule has 0 bridgehead atoms. The van der Waals surface area contributed by atoms with Gasteiger partial charge in [-0.05, 0) is 30.4 Å². The van der Waals surface area contributed by atoms with Crippen molar-refractivity contribution in [3.05, 3.63) is 75.0 Å². The van der Waals surface area contributed by atoms with E-state index >= 15 is 0 Å². The molecule has 2 aromatic carbocycles. The van der Waals surface area contributed by atoms with Gasteiger partial charge in [-0.2, -0.15) is 20.0 Å². The van der Waals surface area contributed by atoms with E-state index in [-0.39, 0.29) is 0 Å². The molecule has 0 amide bonds. The zero-order valence-corrected chi connectivity index (χ0v) is 16.1. The van der Waals surface area contributed by atoms with Gasteiger partial charge in [-0.3, -0.25) is 5.10 Å². The number of benzene rings is 2. The van der Waals surface area contributed by atoms with E-state index in [4.69, 9.17) is 35.4 Å². The maximum atomic E-state index is 6.19. The number of nitrogens with zero attached hydrogens (tertiary/aromatic N) is 4. The fraction of sp³-hybridized carbons (Fsp3) is 0. The number of rotatable bonds is 4. The Balaban J connectivity index is 1.69. The summed E-state index contributed by atoms with van der Waals surface area (Å²) in [5.41, 5.74) is 3.19. The SMILES string of the molecule is S=c1[nH]nc(-c2cc(-c3ccccc3)n[nH]2)n1/N=C/c1ccc(Cl)cc1Cl. The molecule has 0 aliphatic heterocycles. The first-order valence-corrected chi connectivity index (χ1v) is 9.06. The van der Waals surface area contributed by atoms with Crippen LogP contribution < -0.4 is 0 Å². The molecule has 9 heteroatoms. The number of H-pyrrole nitrogens is 2. The van der Waals surface area contributed by atoms with Gasteiger partial charge < -0.3 is 0 Å². The van der Waals surface area contributed by atoms with Crippen molar-refractivity contribution < 1.29 is 0 Å². The quantitative estimate of drug-likeness (QED) is 0.356. The van der Waals surface area contributed by atoms with Crippen molar-refractivity contribution in [3.63, 3.8) is 0 Å². The van der Waals surface area contributed by atoms with Crippen LogP contribution in [0.4, 0.5) is 0 Å². The van der Waals surface area contributed by atoms with Crippen LogP contribution in [-0.2, 0) is 0 Å². The molecule has 0 unspecified atom stereocenters. The van der Waals surface area contributed by atoms with E-state index in [2.05, 4.69) is 25.5 Å². The molecule has 0 atom stereocenters. The highest BCUT2D eigenvalue weighted by atomic mass is 35.5. The first-order chi connectivity index (χ1) is 13.1. The van der Waals surface area contributed by atoms with Gasteiger partial charge >= 0.3 is 0 Å². The number of hydrogen-bond acceptors (Lipinski definition) is 4. The van der Waals surface area contributed by atoms with Gasteiger partial charge in [0.25, 0.3) is 0 Å². The lowest BCUT2D eigenvalue weighted by molar-refractivity contribution is 0.865. The molecule has 2 aromatic heterocycles. The molecule has 0 saturated carbocycles. The van der Waals surface area contributed by atoms with Crippen LogP contribution in [0.3, 0.4) is 0 Å². The first-order valence-electron chi connectivity index (χ1n) is 7.90. The molecule has 0 spiro atoms. The molecular formula is C18H12Cl2N6S. The highest BCUT2D eigenvalue weighted by Gasteiger charge is 2.12. The van der Waals surface area contributed by atoms with Crippen LogP contribution >= 0.6 is 35.4 Å². The van der Waals surface area contributed by atoms with Crippen LogP contribution in [0.15, 0.2) is 59.7 Å². The van der Waals surface area contributed by atoms with Crippen molar-refractivity contribution in [3.8, 4) is 22.8 Å². The van der Waals surface area contributed by atoms with Gasteiger partial charge in [0, 0.05) is 16.1 Å². The smallest absolute Gasteiger partial charge is 0.216 e. The maximum Gasteiger partial charge on any atom is 0.216 e. The van der Waals surface area contributed by atoms with Gasteiger partial charge in [0.1, 0.15) is 5.69 Å². The van der Waals surface area contributed by atoms with E-state index < -0.39 is 0 Å². The van der Waals surface area contributed by atoms with Crippen LogP contribution in [0.2, 0.25) is 10.0 Å². The normalized spacial score (nSPS) is 11.3. The fourth-order valence-corrected chi connectivity index (χ4v) is 3.13. The van der Waals surface area contributed by atoms with E-state index in [1.165, 1.54) is 4.68 Å². The van der Waals surface area contributed by atoms with Crippen LogP contribution in [0.1, 0.15) is 5.56 Å². The van der Waals surface area contributed by atoms with Crippen molar-refractivity contribution in [2.24, 2.45) is 5.10 Å². The summed E-state index contributed by atoms with van der Waals surface area (Å²) in [5.74, 6) is 0.510. The molecule has 2 heterocycles. The summed E-state index contributed by atoms with van der Waals surface area (Å²) < 4.78 is 1.85. The average molecular weight is 415 g/mol. The second-order valence-electron chi connectivity index (χ2n) is 5.61. The Kier molecular flexibility index (Phi) is 4.89. The second kappa shape index (κ2) is 7.48. The molecule has 27 heavy (non-hydrogen) atoms. The Morgan fingerprint density at radius 3 is 2.59 bits per heavy atom. The minimum atomic E-state index is 0.349. The topological polar surface area (TPSA) is 74.7 Å². The number of aromatic nitrogens is 5. The van der Waals surface area contributed by atoms with Crippen LogP contribution in [0.25, 0.3) is 22.8 Å². The Bertz CT molecular complexity index is 1180. The average Bonchev–Trinajstić information content (AvgIpc) is 3.29. The Morgan fingerprint density at radius 2 is 1.81 bits per heavy atom. The maximum absolute atomic E-state index is 6.19. The molecule has 4 aromatic rings. The lowest BCUT2D eigenvalue weighted by Crippen LogP contribution is -1.95. The fourth-order valence-electron chi connectivity index (χ4n) is 2.49. The van der Waals surface area contributed by atoms with Crippen LogP contribution in [-0.4, -0.2) is 31.3 Å². The molecule has 0 radical (unpaired) electrons. The molecule has 0 saturated heterocycles. The third-order valence-electron chi connectivity index (χ3n) is 3.81. The van der Waals surface area contributed by atoms with Gasteiger partial charge in [-0.25, -0.2) is 5.10 Å². The zero-order valence-electron chi connectivity index (χ0n) is 13.7.